The number of thiophene rings is 1. The van der Waals surface area contributed by atoms with Gasteiger partial charge in [0.1, 0.15) is 12.4 Å². The maximum atomic E-state index is 12.3. The topological polar surface area (TPSA) is 26.3 Å². The minimum Gasteiger partial charge on any atom is -0.489 e. The van der Waals surface area contributed by atoms with Gasteiger partial charge in [-0.1, -0.05) is 36.4 Å². The normalized spacial score (nSPS) is 10.4. The van der Waals surface area contributed by atoms with Gasteiger partial charge in [-0.05, 0) is 47.7 Å². The van der Waals surface area contributed by atoms with Gasteiger partial charge < -0.3 is 4.74 Å². The second kappa shape index (κ2) is 6.58. The van der Waals surface area contributed by atoms with E-state index in [1.165, 1.54) is 11.3 Å². The van der Waals surface area contributed by atoms with Crippen molar-refractivity contribution in [1.82, 2.24) is 0 Å². The van der Waals surface area contributed by atoms with Crippen LogP contribution in [0.3, 0.4) is 0 Å². The molecule has 0 N–H and O–H groups in total. The van der Waals surface area contributed by atoms with Crippen LogP contribution in [0.15, 0.2) is 66.0 Å². The Kier molecular flexibility index (Phi) is 4.35. The Morgan fingerprint density at radius 1 is 1.05 bits per heavy atom. The highest BCUT2D eigenvalue weighted by Gasteiger charge is 2.11. The fourth-order valence-corrected chi connectivity index (χ4v) is 2.92. The molecule has 110 valence electrons. The zero-order chi connectivity index (χ0) is 15.4. The second-order valence-corrected chi connectivity index (χ2v) is 6.01. The minimum absolute atomic E-state index is 0.0627. The largest absolute Gasteiger partial charge is 0.489 e. The zero-order valence-electron chi connectivity index (χ0n) is 12.3. The van der Waals surface area contributed by atoms with Crippen molar-refractivity contribution < 1.29 is 9.53 Å². The maximum absolute atomic E-state index is 12.3. The first-order valence-electron chi connectivity index (χ1n) is 7.09. The van der Waals surface area contributed by atoms with Gasteiger partial charge in [-0.15, -0.1) is 11.3 Å². The molecule has 2 aromatic carbocycles. The molecule has 22 heavy (non-hydrogen) atoms. The molecular weight excluding hydrogens is 292 g/mol. The van der Waals surface area contributed by atoms with E-state index < -0.39 is 0 Å². The predicted molar refractivity (Wildman–Crippen MR) is 89.7 cm³/mol. The summed E-state index contributed by atoms with van der Waals surface area (Å²) < 4.78 is 5.84. The van der Waals surface area contributed by atoms with E-state index in [-0.39, 0.29) is 5.78 Å². The van der Waals surface area contributed by atoms with E-state index in [0.717, 1.165) is 21.8 Å². The van der Waals surface area contributed by atoms with Crippen LogP contribution < -0.4 is 4.74 Å². The lowest BCUT2D eigenvalue weighted by Crippen LogP contribution is -2.01. The van der Waals surface area contributed by atoms with E-state index in [4.69, 9.17) is 4.74 Å². The summed E-state index contributed by atoms with van der Waals surface area (Å²) in [4.78, 5) is 13.1. The van der Waals surface area contributed by atoms with Crippen molar-refractivity contribution in [1.29, 1.82) is 0 Å². The van der Waals surface area contributed by atoms with Gasteiger partial charge >= 0.3 is 0 Å². The fourth-order valence-electron chi connectivity index (χ4n) is 2.24. The van der Waals surface area contributed by atoms with Gasteiger partial charge in [0, 0.05) is 5.56 Å². The number of rotatable bonds is 5. The molecule has 0 amide bonds. The van der Waals surface area contributed by atoms with Gasteiger partial charge in [-0.3, -0.25) is 4.79 Å². The summed E-state index contributed by atoms with van der Waals surface area (Å²) in [6.07, 6.45) is 0. The number of hydrogen-bond acceptors (Lipinski definition) is 3. The first-order chi connectivity index (χ1) is 10.7. The molecular formula is C19H16O2S. The highest BCUT2D eigenvalue weighted by atomic mass is 32.1. The van der Waals surface area contributed by atoms with Crippen molar-refractivity contribution in [3.8, 4) is 5.75 Å². The van der Waals surface area contributed by atoms with Crippen LogP contribution >= 0.6 is 11.3 Å². The third-order valence-corrected chi connectivity index (χ3v) is 4.29. The summed E-state index contributed by atoms with van der Waals surface area (Å²) in [5.41, 5.74) is 2.80. The van der Waals surface area contributed by atoms with Crippen molar-refractivity contribution in [2.24, 2.45) is 0 Å². The number of benzene rings is 2. The fraction of sp³-hybridized carbons (Fsp3) is 0.105. The molecule has 0 spiro atoms. The van der Waals surface area contributed by atoms with Gasteiger partial charge in [0.25, 0.3) is 0 Å². The van der Waals surface area contributed by atoms with E-state index in [1.807, 2.05) is 73.0 Å². The third kappa shape index (κ3) is 3.26. The molecule has 0 saturated carbocycles. The van der Waals surface area contributed by atoms with Crippen molar-refractivity contribution in [3.63, 3.8) is 0 Å². The Labute approximate surface area is 134 Å². The lowest BCUT2D eigenvalue weighted by Gasteiger charge is -2.10. The zero-order valence-corrected chi connectivity index (χ0v) is 13.1. The average Bonchev–Trinajstić information content (AvgIpc) is 3.08. The van der Waals surface area contributed by atoms with Crippen LogP contribution in [0.1, 0.15) is 26.4 Å². The van der Waals surface area contributed by atoms with Crippen LogP contribution in [0.25, 0.3) is 0 Å². The molecule has 0 atom stereocenters. The summed E-state index contributed by atoms with van der Waals surface area (Å²) in [5.74, 6) is 0.874. The predicted octanol–water partition coefficient (Wildman–Crippen LogP) is 4.87. The van der Waals surface area contributed by atoms with Crippen molar-refractivity contribution in [3.05, 3.63) is 87.6 Å². The van der Waals surface area contributed by atoms with Crippen LogP contribution in [0.5, 0.6) is 5.75 Å². The number of aryl methyl sites for hydroxylation is 1. The molecule has 0 aliphatic rings. The van der Waals surface area contributed by atoms with Gasteiger partial charge in [0.2, 0.25) is 5.78 Å². The Morgan fingerprint density at radius 3 is 2.55 bits per heavy atom. The molecule has 3 rings (SSSR count). The van der Waals surface area contributed by atoms with Crippen molar-refractivity contribution >= 4 is 17.1 Å². The lowest BCUT2D eigenvalue weighted by molar-refractivity contribution is 0.104. The van der Waals surface area contributed by atoms with E-state index in [9.17, 15) is 4.79 Å². The van der Waals surface area contributed by atoms with Crippen LogP contribution in [0, 0.1) is 6.92 Å². The Balaban J connectivity index is 1.74. The van der Waals surface area contributed by atoms with Crippen LogP contribution in [-0.2, 0) is 6.61 Å². The molecule has 3 heteroatoms. The number of carbonyl (C=O) groups excluding carboxylic acids is 1. The van der Waals surface area contributed by atoms with E-state index in [0.29, 0.717) is 12.2 Å². The molecule has 1 aromatic heterocycles. The minimum atomic E-state index is 0.0627. The third-order valence-electron chi connectivity index (χ3n) is 3.42. The Morgan fingerprint density at radius 2 is 1.86 bits per heavy atom. The molecule has 0 unspecified atom stereocenters. The Bertz CT molecular complexity index is 761. The molecule has 0 fully saturated rings. The summed E-state index contributed by atoms with van der Waals surface area (Å²) in [6.45, 7) is 2.49. The number of hydrogen-bond donors (Lipinski definition) is 0. The first-order valence-corrected chi connectivity index (χ1v) is 7.97. The monoisotopic (exact) mass is 308 g/mol. The molecule has 0 bridgehead atoms. The molecule has 3 aromatic rings. The van der Waals surface area contributed by atoms with Crippen molar-refractivity contribution in [2.75, 3.05) is 0 Å². The highest BCUT2D eigenvalue weighted by molar-refractivity contribution is 7.12. The first kappa shape index (κ1) is 14.5. The van der Waals surface area contributed by atoms with E-state index in [1.54, 1.807) is 0 Å². The van der Waals surface area contributed by atoms with Crippen molar-refractivity contribution in [2.45, 2.75) is 13.5 Å². The standard InChI is InChI=1S/C19H16O2S/c1-14-12-16(19(20)18-8-5-11-22-18)9-10-17(14)21-13-15-6-3-2-4-7-15/h2-12H,13H2,1H3. The smallest absolute Gasteiger partial charge is 0.202 e. The summed E-state index contributed by atoms with van der Waals surface area (Å²) in [7, 11) is 0. The molecule has 2 nitrogen and oxygen atoms in total. The highest BCUT2D eigenvalue weighted by Crippen LogP contribution is 2.23. The van der Waals surface area contributed by atoms with Gasteiger partial charge in [-0.25, -0.2) is 0 Å². The van der Waals surface area contributed by atoms with E-state index >= 15 is 0 Å². The number of carbonyl (C=O) groups is 1. The van der Waals surface area contributed by atoms with Crippen LogP contribution in [-0.4, -0.2) is 5.78 Å². The van der Waals surface area contributed by atoms with Crippen LogP contribution in [0.4, 0.5) is 0 Å². The SMILES string of the molecule is Cc1cc(C(=O)c2cccs2)ccc1OCc1ccccc1. The van der Waals surface area contributed by atoms with Gasteiger partial charge in [-0.2, -0.15) is 0 Å². The molecule has 1 heterocycles. The molecule has 0 radical (unpaired) electrons. The van der Waals surface area contributed by atoms with Gasteiger partial charge in [0.15, 0.2) is 0 Å². The number of ketones is 1. The van der Waals surface area contributed by atoms with E-state index in [2.05, 4.69) is 0 Å². The summed E-state index contributed by atoms with van der Waals surface area (Å²) >= 11 is 1.46. The van der Waals surface area contributed by atoms with Crippen LogP contribution in [0.2, 0.25) is 0 Å². The maximum Gasteiger partial charge on any atom is 0.202 e. The molecule has 0 aliphatic carbocycles. The summed E-state index contributed by atoms with van der Waals surface area (Å²) in [6, 6.07) is 19.4. The lowest BCUT2D eigenvalue weighted by atomic mass is 10.1. The summed E-state index contributed by atoms with van der Waals surface area (Å²) in [5, 5.41) is 1.91. The Hall–Kier alpha value is -2.39. The number of ether oxygens (including phenoxy) is 1. The average molecular weight is 308 g/mol. The second-order valence-electron chi connectivity index (χ2n) is 5.06. The van der Waals surface area contributed by atoms with Gasteiger partial charge in [0.05, 0.1) is 4.88 Å². The quantitative estimate of drug-likeness (QED) is 0.629. The molecule has 0 saturated heterocycles. The molecule has 0 aliphatic heterocycles.